The lowest BCUT2D eigenvalue weighted by Crippen LogP contribution is -2.19. The predicted octanol–water partition coefficient (Wildman–Crippen LogP) is 2.68. The Morgan fingerprint density at radius 3 is 2.89 bits per heavy atom. The van der Waals surface area contributed by atoms with Crippen LogP contribution >= 0.6 is 23.5 Å². The van der Waals surface area contributed by atoms with Gasteiger partial charge in [-0.2, -0.15) is 0 Å². The zero-order valence-corrected chi connectivity index (χ0v) is 15.9. The quantitative estimate of drug-likeness (QED) is 0.809. The molecule has 0 saturated heterocycles. The summed E-state index contributed by atoms with van der Waals surface area (Å²) in [6, 6.07) is 6.01. The van der Waals surface area contributed by atoms with E-state index in [9.17, 15) is 14.7 Å². The fourth-order valence-electron chi connectivity index (χ4n) is 3.22. The van der Waals surface area contributed by atoms with Crippen LogP contribution in [-0.4, -0.2) is 54.2 Å². The van der Waals surface area contributed by atoms with E-state index in [1.54, 1.807) is 11.8 Å². The molecular formula is C18H17N3O4S2. The van der Waals surface area contributed by atoms with Crippen molar-refractivity contribution in [3.8, 4) is 0 Å². The standard InChI is InChI=1S/C18H17N3O4S2/c22-16(23)11-8-19-13(17(24)25)9-27-15(11)7-10-2-3-12-14(6-10)21-4-1-5-26-18(21)20-12/h2-3,6,8,15H,1,4-5,7,9H2,(H,22,23)(H,24,25). The second-order valence-electron chi connectivity index (χ2n) is 6.35. The third-order valence-electron chi connectivity index (χ3n) is 4.58. The highest BCUT2D eigenvalue weighted by Crippen LogP contribution is 2.31. The molecule has 1 aromatic carbocycles. The first kappa shape index (κ1) is 18.1. The first-order valence-electron chi connectivity index (χ1n) is 8.50. The number of benzene rings is 1. The van der Waals surface area contributed by atoms with Gasteiger partial charge in [-0.1, -0.05) is 17.8 Å². The maximum Gasteiger partial charge on any atom is 0.351 e. The average molecular weight is 403 g/mol. The van der Waals surface area contributed by atoms with Crippen LogP contribution in [0, 0.1) is 0 Å². The maximum absolute atomic E-state index is 11.6. The summed E-state index contributed by atoms with van der Waals surface area (Å²) in [5.74, 6) is -0.932. The lowest BCUT2D eigenvalue weighted by molar-refractivity contribution is -0.133. The van der Waals surface area contributed by atoms with E-state index in [2.05, 4.69) is 20.6 Å². The van der Waals surface area contributed by atoms with Gasteiger partial charge in [0.2, 0.25) is 0 Å². The number of aliphatic imine (C=N–C) groups is 1. The smallest absolute Gasteiger partial charge is 0.351 e. The molecule has 0 fully saturated rings. The molecule has 4 rings (SSSR count). The van der Waals surface area contributed by atoms with E-state index < -0.39 is 11.9 Å². The third kappa shape index (κ3) is 3.61. The van der Waals surface area contributed by atoms with E-state index >= 15 is 0 Å². The average Bonchev–Trinajstić information content (AvgIpc) is 2.86. The van der Waals surface area contributed by atoms with Crippen molar-refractivity contribution in [3.63, 3.8) is 0 Å². The highest BCUT2D eigenvalue weighted by Gasteiger charge is 2.26. The van der Waals surface area contributed by atoms with Crippen LogP contribution in [0.2, 0.25) is 0 Å². The van der Waals surface area contributed by atoms with E-state index in [1.165, 1.54) is 18.0 Å². The first-order chi connectivity index (χ1) is 13.0. The van der Waals surface area contributed by atoms with E-state index in [4.69, 9.17) is 5.11 Å². The Kier molecular flexibility index (Phi) is 4.96. The number of carboxylic acid groups (broad SMARTS) is 2. The number of nitrogens with zero attached hydrogens (tertiary/aromatic N) is 3. The van der Waals surface area contributed by atoms with Crippen LogP contribution in [0.1, 0.15) is 12.0 Å². The Morgan fingerprint density at radius 1 is 1.26 bits per heavy atom. The summed E-state index contributed by atoms with van der Waals surface area (Å²) >= 11 is 3.06. The maximum atomic E-state index is 11.6. The lowest BCUT2D eigenvalue weighted by Gasteiger charge is -2.16. The van der Waals surface area contributed by atoms with E-state index in [-0.39, 0.29) is 22.3 Å². The first-order valence-corrected chi connectivity index (χ1v) is 10.5. The third-order valence-corrected chi connectivity index (χ3v) is 6.90. The van der Waals surface area contributed by atoms with E-state index in [1.807, 2.05) is 12.1 Å². The zero-order valence-electron chi connectivity index (χ0n) is 14.3. The number of rotatable bonds is 4. The molecule has 2 aliphatic rings. The molecule has 2 aromatic rings. The highest BCUT2D eigenvalue weighted by atomic mass is 32.2. The fraction of sp³-hybridized carbons (Fsp3) is 0.333. The van der Waals surface area contributed by atoms with Crippen molar-refractivity contribution in [2.24, 2.45) is 4.99 Å². The summed E-state index contributed by atoms with van der Waals surface area (Å²) < 4.78 is 2.22. The van der Waals surface area contributed by atoms with Gasteiger partial charge in [0.1, 0.15) is 5.71 Å². The van der Waals surface area contributed by atoms with Gasteiger partial charge in [-0.15, -0.1) is 11.8 Å². The Balaban J connectivity index is 1.63. The van der Waals surface area contributed by atoms with Crippen LogP contribution in [0.25, 0.3) is 11.0 Å². The molecule has 140 valence electrons. The van der Waals surface area contributed by atoms with Gasteiger partial charge >= 0.3 is 11.9 Å². The van der Waals surface area contributed by atoms with Crippen molar-refractivity contribution >= 4 is 52.2 Å². The van der Waals surface area contributed by atoms with Crippen molar-refractivity contribution < 1.29 is 19.8 Å². The Morgan fingerprint density at radius 2 is 2.11 bits per heavy atom. The summed E-state index contributed by atoms with van der Waals surface area (Å²) in [7, 11) is 0. The topological polar surface area (TPSA) is 105 Å². The molecular weight excluding hydrogens is 386 g/mol. The SMILES string of the molecule is O=C(O)C1=CN=C(C(=O)O)CSC1Cc1ccc2nc3n(c2c1)CCCS3. The molecule has 0 aliphatic carbocycles. The van der Waals surface area contributed by atoms with Gasteiger partial charge in [0.15, 0.2) is 5.16 Å². The second kappa shape index (κ2) is 7.40. The summed E-state index contributed by atoms with van der Waals surface area (Å²) in [4.78, 5) is 31.3. The number of aromatic nitrogens is 2. The summed E-state index contributed by atoms with van der Waals surface area (Å²) in [6.45, 7) is 0.941. The van der Waals surface area contributed by atoms with Crippen LogP contribution in [0.3, 0.4) is 0 Å². The van der Waals surface area contributed by atoms with Crippen molar-refractivity contribution in [2.45, 2.75) is 29.8 Å². The monoisotopic (exact) mass is 403 g/mol. The van der Waals surface area contributed by atoms with Crippen LogP contribution < -0.4 is 0 Å². The van der Waals surface area contributed by atoms with Crippen LogP contribution in [0.4, 0.5) is 0 Å². The molecule has 1 atom stereocenters. The molecule has 7 nitrogen and oxygen atoms in total. The van der Waals surface area contributed by atoms with Gasteiger partial charge in [0.05, 0.1) is 16.6 Å². The number of thioether (sulfide) groups is 2. The molecule has 1 aromatic heterocycles. The fourth-order valence-corrected chi connectivity index (χ4v) is 5.39. The minimum atomic E-state index is -1.12. The second-order valence-corrected chi connectivity index (χ2v) is 8.60. The van der Waals surface area contributed by atoms with Crippen molar-refractivity contribution in [1.82, 2.24) is 9.55 Å². The van der Waals surface area contributed by atoms with Crippen molar-refractivity contribution in [3.05, 3.63) is 35.5 Å². The number of hydrogen-bond acceptors (Lipinski definition) is 6. The van der Waals surface area contributed by atoms with Crippen molar-refractivity contribution in [1.29, 1.82) is 0 Å². The molecule has 0 amide bonds. The summed E-state index contributed by atoms with van der Waals surface area (Å²) in [5.41, 5.74) is 3.11. The lowest BCUT2D eigenvalue weighted by atomic mass is 10.0. The number of imidazole rings is 1. The summed E-state index contributed by atoms with van der Waals surface area (Å²) in [6.07, 6.45) is 2.79. The molecule has 0 spiro atoms. The molecule has 27 heavy (non-hydrogen) atoms. The molecule has 9 heteroatoms. The number of carbonyl (C=O) groups is 2. The number of aliphatic carboxylic acids is 2. The molecule has 1 unspecified atom stereocenters. The molecule has 0 saturated carbocycles. The number of fused-ring (bicyclic) bond motifs is 3. The van der Waals surface area contributed by atoms with Gasteiger partial charge in [-0.25, -0.2) is 14.6 Å². The highest BCUT2D eigenvalue weighted by molar-refractivity contribution is 8.00. The van der Waals surface area contributed by atoms with Crippen molar-refractivity contribution in [2.75, 3.05) is 11.5 Å². The number of aryl methyl sites for hydroxylation is 1. The van der Waals surface area contributed by atoms with E-state index in [0.29, 0.717) is 6.42 Å². The van der Waals surface area contributed by atoms with Crippen LogP contribution in [-0.2, 0) is 22.6 Å². The Hall–Kier alpha value is -2.26. The number of hydrogen-bond donors (Lipinski definition) is 2. The summed E-state index contributed by atoms with van der Waals surface area (Å²) in [5, 5.41) is 19.3. The van der Waals surface area contributed by atoms with Gasteiger partial charge in [-0.3, -0.25) is 4.99 Å². The van der Waals surface area contributed by atoms with Gasteiger partial charge < -0.3 is 14.8 Å². The predicted molar refractivity (Wildman–Crippen MR) is 106 cm³/mol. The normalized spacial score (nSPS) is 19.8. The number of carboxylic acids is 2. The zero-order chi connectivity index (χ0) is 19.0. The largest absolute Gasteiger partial charge is 0.478 e. The van der Waals surface area contributed by atoms with Crippen LogP contribution in [0.15, 0.2) is 40.1 Å². The molecule has 0 bridgehead atoms. The Bertz CT molecular complexity index is 996. The minimum absolute atomic E-state index is 0.0291. The Labute approximate surface area is 163 Å². The minimum Gasteiger partial charge on any atom is -0.478 e. The molecule has 2 aliphatic heterocycles. The van der Waals surface area contributed by atoms with Gasteiger partial charge in [0.25, 0.3) is 0 Å². The van der Waals surface area contributed by atoms with E-state index in [0.717, 1.165) is 40.5 Å². The molecule has 0 radical (unpaired) electrons. The van der Waals surface area contributed by atoms with Crippen LogP contribution in [0.5, 0.6) is 0 Å². The molecule has 3 heterocycles. The van der Waals surface area contributed by atoms with Gasteiger partial charge in [-0.05, 0) is 30.5 Å². The van der Waals surface area contributed by atoms with Gasteiger partial charge in [0, 0.05) is 29.5 Å². The molecule has 2 N–H and O–H groups in total.